The number of thioether (sulfide) groups is 2. The summed E-state index contributed by atoms with van der Waals surface area (Å²) in [7, 11) is 0. The lowest BCUT2D eigenvalue weighted by Crippen LogP contribution is -2.50. The van der Waals surface area contributed by atoms with Gasteiger partial charge in [0.2, 0.25) is 5.91 Å². The Labute approximate surface area is 177 Å². The molecule has 2 aromatic rings. The van der Waals surface area contributed by atoms with Crippen LogP contribution in [0.5, 0.6) is 0 Å². The summed E-state index contributed by atoms with van der Waals surface area (Å²) >= 11 is 5.13. The van der Waals surface area contributed by atoms with E-state index in [1.165, 1.54) is 10.4 Å². The van der Waals surface area contributed by atoms with E-state index in [0.717, 1.165) is 48.6 Å². The number of amides is 1. The van der Waals surface area contributed by atoms with Gasteiger partial charge in [-0.15, -0.1) is 28.2 Å². The van der Waals surface area contributed by atoms with Gasteiger partial charge in [0.15, 0.2) is 5.17 Å². The highest BCUT2D eigenvalue weighted by Crippen LogP contribution is 2.22. The second-order valence-electron chi connectivity index (χ2n) is 6.54. The van der Waals surface area contributed by atoms with Crippen LogP contribution in [0.2, 0.25) is 0 Å². The first kappa shape index (κ1) is 19.5. The minimum Gasteiger partial charge on any atom is -0.346 e. The molecule has 8 heteroatoms. The van der Waals surface area contributed by atoms with Crippen LogP contribution >= 0.6 is 34.9 Å². The molecular formula is C20H22N4OS3. The van der Waals surface area contributed by atoms with Gasteiger partial charge in [0.25, 0.3) is 0 Å². The van der Waals surface area contributed by atoms with E-state index in [9.17, 15) is 4.79 Å². The third-order valence-electron chi connectivity index (χ3n) is 4.64. The van der Waals surface area contributed by atoms with Crippen LogP contribution in [-0.4, -0.2) is 64.3 Å². The summed E-state index contributed by atoms with van der Waals surface area (Å²) < 4.78 is 0. The van der Waals surface area contributed by atoms with Gasteiger partial charge >= 0.3 is 0 Å². The van der Waals surface area contributed by atoms with Crippen molar-refractivity contribution in [1.29, 1.82) is 0 Å². The van der Waals surface area contributed by atoms with Gasteiger partial charge in [0.05, 0.1) is 16.3 Å². The zero-order chi connectivity index (χ0) is 19.2. The zero-order valence-electron chi connectivity index (χ0n) is 15.5. The second-order valence-corrected chi connectivity index (χ2v) is 9.42. The molecule has 3 heterocycles. The molecule has 0 saturated carbocycles. The molecule has 146 valence electrons. The normalized spacial score (nSPS) is 17.3. The summed E-state index contributed by atoms with van der Waals surface area (Å²) in [5.74, 6) is 2.51. The third-order valence-corrected chi connectivity index (χ3v) is 7.56. The van der Waals surface area contributed by atoms with Gasteiger partial charge in [0.1, 0.15) is 0 Å². The summed E-state index contributed by atoms with van der Waals surface area (Å²) in [5, 5.41) is 11.9. The fourth-order valence-corrected chi connectivity index (χ4v) is 5.71. The highest BCUT2D eigenvalue weighted by molar-refractivity contribution is 8.14. The number of hydrogen-bond donors (Lipinski definition) is 0. The monoisotopic (exact) mass is 430 g/mol. The molecule has 0 atom stereocenters. The van der Waals surface area contributed by atoms with Crippen molar-refractivity contribution in [1.82, 2.24) is 9.80 Å². The molecule has 1 amide bonds. The Kier molecular flexibility index (Phi) is 6.72. The van der Waals surface area contributed by atoms with Crippen LogP contribution in [0.15, 0.2) is 58.0 Å². The van der Waals surface area contributed by atoms with E-state index in [1.807, 2.05) is 29.2 Å². The van der Waals surface area contributed by atoms with Crippen molar-refractivity contribution in [2.45, 2.75) is 5.75 Å². The molecule has 28 heavy (non-hydrogen) atoms. The van der Waals surface area contributed by atoms with Crippen LogP contribution in [0.3, 0.4) is 0 Å². The summed E-state index contributed by atoms with van der Waals surface area (Å²) in [5.41, 5.74) is 2.31. The van der Waals surface area contributed by atoms with Crippen LogP contribution in [0.4, 0.5) is 0 Å². The molecule has 0 radical (unpaired) electrons. The van der Waals surface area contributed by atoms with Gasteiger partial charge in [-0.3, -0.25) is 4.79 Å². The summed E-state index contributed by atoms with van der Waals surface area (Å²) in [6, 6.07) is 14.4. The summed E-state index contributed by atoms with van der Waals surface area (Å²) in [6.07, 6.45) is 0. The van der Waals surface area contributed by atoms with Crippen molar-refractivity contribution in [2.75, 3.05) is 37.7 Å². The van der Waals surface area contributed by atoms with E-state index >= 15 is 0 Å². The largest absolute Gasteiger partial charge is 0.346 e. The van der Waals surface area contributed by atoms with E-state index < -0.39 is 0 Å². The predicted octanol–water partition coefficient (Wildman–Crippen LogP) is 3.63. The maximum atomic E-state index is 12.5. The lowest BCUT2D eigenvalue weighted by Gasteiger charge is -2.36. The molecule has 0 spiro atoms. The molecule has 0 N–H and O–H groups in total. The molecule has 5 nitrogen and oxygen atoms in total. The van der Waals surface area contributed by atoms with E-state index in [1.54, 1.807) is 34.9 Å². The van der Waals surface area contributed by atoms with E-state index in [4.69, 9.17) is 0 Å². The van der Waals surface area contributed by atoms with Gasteiger partial charge < -0.3 is 9.80 Å². The Bertz CT molecular complexity index is 844. The number of nitrogens with zero attached hydrogens (tertiary/aromatic N) is 4. The van der Waals surface area contributed by atoms with Gasteiger partial charge in [-0.25, -0.2) is 0 Å². The average molecular weight is 431 g/mol. The Morgan fingerprint density at radius 3 is 2.54 bits per heavy atom. The molecule has 1 aromatic heterocycles. The first-order valence-electron chi connectivity index (χ1n) is 9.25. The maximum Gasteiger partial charge on any atom is 0.232 e. The number of carbonyl (C=O) groups is 1. The van der Waals surface area contributed by atoms with Crippen LogP contribution in [-0.2, 0) is 10.5 Å². The number of carbonyl (C=O) groups excluding carboxylic acids is 1. The second kappa shape index (κ2) is 9.62. The molecule has 1 aromatic carbocycles. The predicted molar refractivity (Wildman–Crippen MR) is 122 cm³/mol. The fraction of sp³-hybridized carbons (Fsp3) is 0.350. The van der Waals surface area contributed by atoms with Crippen LogP contribution in [0.1, 0.15) is 10.4 Å². The quantitative estimate of drug-likeness (QED) is 0.727. The number of amidine groups is 1. The molecule has 4 rings (SSSR count). The van der Waals surface area contributed by atoms with Crippen molar-refractivity contribution in [2.24, 2.45) is 10.2 Å². The van der Waals surface area contributed by atoms with Crippen molar-refractivity contribution in [3.8, 4) is 0 Å². The number of piperazine rings is 1. The SMILES string of the molecule is O=C(CSCc1ccccc1)N1CCN(C2=NN=C(c3cccs3)CS2)CC1. The standard InChI is InChI=1S/C20H22N4OS3/c25-19(15-26-13-16-5-2-1-3-6-16)23-8-10-24(11-9-23)20-22-21-17(14-28-20)18-7-4-12-27-18/h1-7,12H,8-11,13-15H2. The molecule has 1 fully saturated rings. The van der Waals surface area contributed by atoms with Crippen LogP contribution < -0.4 is 0 Å². The topological polar surface area (TPSA) is 48.3 Å². The molecule has 1 saturated heterocycles. The zero-order valence-corrected chi connectivity index (χ0v) is 17.9. The third kappa shape index (κ3) is 4.98. The van der Waals surface area contributed by atoms with Crippen molar-refractivity contribution >= 4 is 51.6 Å². The lowest BCUT2D eigenvalue weighted by molar-refractivity contribution is -0.129. The summed E-state index contributed by atoms with van der Waals surface area (Å²) in [4.78, 5) is 17.9. The van der Waals surface area contributed by atoms with E-state index in [0.29, 0.717) is 5.75 Å². The molecular weight excluding hydrogens is 408 g/mol. The van der Waals surface area contributed by atoms with E-state index in [2.05, 4.69) is 38.7 Å². The highest BCUT2D eigenvalue weighted by Gasteiger charge is 2.25. The maximum absolute atomic E-state index is 12.5. The van der Waals surface area contributed by atoms with Gasteiger partial charge in [-0.05, 0) is 17.0 Å². The Morgan fingerprint density at radius 1 is 1.04 bits per heavy atom. The number of thiophene rings is 1. The minimum absolute atomic E-state index is 0.233. The average Bonchev–Trinajstić information content (AvgIpc) is 3.30. The Balaban J connectivity index is 1.23. The molecule has 0 unspecified atom stereocenters. The van der Waals surface area contributed by atoms with Crippen LogP contribution in [0, 0.1) is 0 Å². The Hall–Kier alpha value is -1.77. The van der Waals surface area contributed by atoms with Gasteiger partial charge in [-0.2, -0.15) is 5.10 Å². The first-order chi connectivity index (χ1) is 13.8. The molecule has 0 aliphatic carbocycles. The number of benzene rings is 1. The summed E-state index contributed by atoms with van der Waals surface area (Å²) in [6.45, 7) is 3.16. The van der Waals surface area contributed by atoms with Gasteiger partial charge in [-0.1, -0.05) is 48.2 Å². The smallest absolute Gasteiger partial charge is 0.232 e. The number of rotatable bonds is 5. The van der Waals surface area contributed by atoms with Crippen molar-refractivity contribution < 1.29 is 4.79 Å². The van der Waals surface area contributed by atoms with Gasteiger partial charge in [0, 0.05) is 37.7 Å². The molecule has 0 bridgehead atoms. The lowest BCUT2D eigenvalue weighted by atomic mass is 10.2. The fourth-order valence-electron chi connectivity index (χ4n) is 3.08. The van der Waals surface area contributed by atoms with Crippen molar-refractivity contribution in [3.05, 3.63) is 58.3 Å². The molecule has 2 aliphatic heterocycles. The highest BCUT2D eigenvalue weighted by atomic mass is 32.2. The number of hydrogen-bond acceptors (Lipinski definition) is 7. The van der Waals surface area contributed by atoms with E-state index in [-0.39, 0.29) is 5.91 Å². The minimum atomic E-state index is 0.233. The van der Waals surface area contributed by atoms with Crippen LogP contribution in [0.25, 0.3) is 0 Å². The first-order valence-corrected chi connectivity index (χ1v) is 12.3. The van der Waals surface area contributed by atoms with Crippen molar-refractivity contribution in [3.63, 3.8) is 0 Å². The molecule has 2 aliphatic rings. The Morgan fingerprint density at radius 2 is 1.86 bits per heavy atom.